The van der Waals surface area contributed by atoms with Gasteiger partial charge in [0.2, 0.25) is 11.8 Å². The Kier molecular flexibility index (Phi) is 18.6. The summed E-state index contributed by atoms with van der Waals surface area (Å²) in [6.45, 7) is 16.7. The molecule has 0 bridgehead atoms. The molecule has 1 aromatic carbocycles. The van der Waals surface area contributed by atoms with E-state index in [1.54, 1.807) is 48.5 Å². The summed E-state index contributed by atoms with van der Waals surface area (Å²) in [4.78, 5) is 48.8. The first-order chi connectivity index (χ1) is 31.8. The number of nitrogens with zero attached hydrogens (tertiary/aromatic N) is 2. The Bertz CT molecular complexity index is 1980. The minimum absolute atomic E-state index is 0.0365. The lowest BCUT2D eigenvalue weighted by atomic mass is 9.73. The van der Waals surface area contributed by atoms with Crippen molar-refractivity contribution in [1.82, 2.24) is 15.2 Å². The molecule has 18 nitrogen and oxygen atoms in total. The van der Waals surface area contributed by atoms with E-state index in [2.05, 4.69) is 10.3 Å². The second-order valence-corrected chi connectivity index (χ2v) is 20.4. The third-order valence-electron chi connectivity index (χ3n) is 14.8. The van der Waals surface area contributed by atoms with Gasteiger partial charge >= 0.3 is 5.97 Å². The number of esters is 1. The minimum Gasteiger partial charge on any atom is -0.459 e. The molecule has 5 N–H and O–H groups in total. The largest absolute Gasteiger partial charge is 0.459 e. The summed E-state index contributed by atoms with van der Waals surface area (Å²) in [5.74, 6) is -4.90. The Labute approximate surface area is 401 Å². The van der Waals surface area contributed by atoms with Gasteiger partial charge in [-0.1, -0.05) is 51.1 Å². The van der Waals surface area contributed by atoms with Crippen molar-refractivity contribution in [1.29, 1.82) is 0 Å². The van der Waals surface area contributed by atoms with Gasteiger partial charge in [-0.2, -0.15) is 0 Å². The van der Waals surface area contributed by atoms with E-state index in [9.17, 15) is 34.8 Å². The third kappa shape index (κ3) is 12.4. The van der Waals surface area contributed by atoms with E-state index in [0.717, 1.165) is 5.56 Å². The molecule has 0 saturated carbocycles. The lowest BCUT2D eigenvalue weighted by molar-refractivity contribution is -0.319. The highest BCUT2D eigenvalue weighted by molar-refractivity contribution is 5.83. The number of amides is 1. The molecule has 1 amide bonds. The molecule has 4 heterocycles. The van der Waals surface area contributed by atoms with E-state index in [0.29, 0.717) is 17.9 Å². The molecule has 0 unspecified atom stereocenters. The number of cyclic esters (lactones) is 1. The van der Waals surface area contributed by atoms with Crippen molar-refractivity contribution >= 4 is 17.7 Å². The smallest absolute Gasteiger partial charge is 0.311 e. The highest BCUT2D eigenvalue weighted by Gasteiger charge is 2.54. The predicted molar refractivity (Wildman–Crippen MR) is 249 cm³/mol. The highest BCUT2D eigenvalue weighted by Crippen LogP contribution is 2.42. The fourth-order valence-corrected chi connectivity index (χ4v) is 10.4. The summed E-state index contributed by atoms with van der Waals surface area (Å²) in [6.07, 6.45) is -10.5. The number of carbonyl (C=O) groups is 3. The van der Waals surface area contributed by atoms with Crippen LogP contribution in [0, 0.1) is 30.6 Å². The molecule has 0 aliphatic carbocycles. The maximum Gasteiger partial charge on any atom is 0.311 e. The van der Waals surface area contributed by atoms with E-state index in [4.69, 9.17) is 37.6 Å². The average Bonchev–Trinajstić information content (AvgIpc) is 3.66. The van der Waals surface area contributed by atoms with Gasteiger partial charge < -0.3 is 68.2 Å². The van der Waals surface area contributed by atoms with Crippen LogP contribution in [0.25, 0.3) is 11.3 Å². The van der Waals surface area contributed by atoms with Gasteiger partial charge in [-0.15, -0.1) is 0 Å². The molecule has 18 heteroatoms. The number of hydrogen-bond acceptors (Lipinski definition) is 17. The van der Waals surface area contributed by atoms with Crippen LogP contribution in [0.2, 0.25) is 0 Å². The first-order valence-electron chi connectivity index (χ1n) is 24.0. The minimum atomic E-state index is -2.21. The van der Waals surface area contributed by atoms with Gasteiger partial charge in [0.25, 0.3) is 0 Å². The Morgan fingerprint density at radius 3 is 2.16 bits per heavy atom. The van der Waals surface area contributed by atoms with Crippen LogP contribution >= 0.6 is 0 Å². The van der Waals surface area contributed by atoms with Crippen molar-refractivity contribution in [2.75, 3.05) is 34.9 Å². The van der Waals surface area contributed by atoms with Crippen LogP contribution in [0.1, 0.15) is 99.6 Å². The predicted octanol–water partition coefficient (Wildman–Crippen LogP) is 3.74. The molecular formula is C50H79N3O15. The lowest BCUT2D eigenvalue weighted by Gasteiger charge is -2.50. The van der Waals surface area contributed by atoms with Gasteiger partial charge in [0.05, 0.1) is 53.3 Å². The number of methoxy groups -OCH3 is 2. The second-order valence-electron chi connectivity index (χ2n) is 20.4. The van der Waals surface area contributed by atoms with E-state index >= 15 is 0 Å². The molecule has 68 heavy (non-hydrogen) atoms. The van der Waals surface area contributed by atoms with Gasteiger partial charge in [-0.25, -0.2) is 4.98 Å². The van der Waals surface area contributed by atoms with Gasteiger partial charge in [-0.05, 0) is 75.4 Å². The maximum atomic E-state index is 14.8. The molecule has 5 rings (SSSR count). The molecule has 3 fully saturated rings. The van der Waals surface area contributed by atoms with Crippen LogP contribution in [0.5, 0.6) is 0 Å². The van der Waals surface area contributed by atoms with Crippen LogP contribution in [0.4, 0.5) is 0 Å². The Morgan fingerprint density at radius 2 is 1.54 bits per heavy atom. The number of Topliss-reactive ketones (excluding diaryl/α,β-unsaturated/α-hetero) is 1. The number of aliphatic hydroxyl groups excluding tert-OH is 3. The van der Waals surface area contributed by atoms with E-state index in [1.165, 1.54) is 28.1 Å². The number of oxazole rings is 1. The Hall–Kier alpha value is -3.40. The molecule has 3 saturated heterocycles. The number of aryl methyl sites for hydroxylation is 1. The summed E-state index contributed by atoms with van der Waals surface area (Å²) in [5, 5.41) is 49.8. The fourth-order valence-electron chi connectivity index (χ4n) is 10.4. The number of carbonyl (C=O) groups excluding carboxylic acids is 3. The molecule has 18 atom stereocenters. The van der Waals surface area contributed by atoms with Crippen molar-refractivity contribution in [2.24, 2.45) is 23.7 Å². The number of rotatable bonds is 13. The number of likely N-dealkylation sites (N-methyl/N-ethyl adjacent to an activating group) is 1. The van der Waals surface area contributed by atoms with Crippen molar-refractivity contribution in [3.8, 4) is 11.3 Å². The van der Waals surface area contributed by atoms with Crippen LogP contribution < -0.4 is 5.32 Å². The van der Waals surface area contributed by atoms with E-state index < -0.39 is 113 Å². The number of aliphatic hydroxyl groups is 4. The number of hydrogen-bond donors (Lipinski definition) is 5. The van der Waals surface area contributed by atoms with Crippen LogP contribution in [0.3, 0.4) is 0 Å². The summed E-state index contributed by atoms with van der Waals surface area (Å²) in [5.41, 5.74) is -3.22. The third-order valence-corrected chi connectivity index (χ3v) is 14.8. The first-order valence-corrected chi connectivity index (χ1v) is 24.0. The molecule has 3 aliphatic heterocycles. The molecule has 1 aromatic heterocycles. The molecule has 2 aromatic rings. The summed E-state index contributed by atoms with van der Waals surface area (Å²) in [7, 11) is 6.69. The molecule has 384 valence electrons. The van der Waals surface area contributed by atoms with Crippen LogP contribution in [0.15, 0.2) is 34.7 Å². The quantitative estimate of drug-likeness (QED) is 0.180. The standard InChI is InChI=1S/C50H79N3O15/c1-26-24-49(9,62-14)45(68-47-40(56)34(53(11)12)22-27(2)63-47)29(4)41(67-38-25-48(8,61-13)44(58)32(7)64-38)30(5)46(59)65-35(50(10,60)43(57)28(3)39(26)55)20-21-51-36(54)23-37-52-31(6)42(66-37)33-18-16-15-17-19-33/h15-19,26-30,32,34-35,38,40-41,43-45,47,56-58,60H,20-25H2,1-14H3,(H,51,54)/t26-,27-,28+,29+,30-,32+,34+,35-,38+,40-,41+,43-,44+,45-,47+,48-,49-,50-/m1/s1. The highest BCUT2D eigenvalue weighted by atomic mass is 16.7. The zero-order valence-corrected chi connectivity index (χ0v) is 42.5. The monoisotopic (exact) mass is 962 g/mol. The zero-order chi connectivity index (χ0) is 50.6. The SMILES string of the molecule is CO[C@]1(C)C[C@@H](C)C(=O)[C@H](C)[C@@H](O)[C@](C)(O)[C@@H](CCNC(=O)Cc2nc(C)c(-c3ccccc3)o2)OC(=O)[C@H](C)[C@@H](O[C@H]2C[C@@](C)(OC)[C@@H](O)[C@H](C)O2)[C@H](C)[C@H]1O[C@@H]1O[C@H](C)C[C@H](N(C)C)[C@H]1O. The normalized spacial score (nSPS) is 40.1. The molecule has 0 spiro atoms. The molecule has 3 aliphatic rings. The number of ether oxygens (including phenoxy) is 7. The summed E-state index contributed by atoms with van der Waals surface area (Å²) >= 11 is 0. The van der Waals surface area contributed by atoms with Crippen molar-refractivity contribution < 1.29 is 72.4 Å². The number of nitrogens with one attached hydrogen (secondary N) is 1. The first kappa shape index (κ1) is 55.5. The lowest BCUT2D eigenvalue weighted by Crippen LogP contribution is -2.61. The van der Waals surface area contributed by atoms with Gasteiger partial charge in [0.1, 0.15) is 36.1 Å². The molecular weight excluding hydrogens is 883 g/mol. The zero-order valence-electron chi connectivity index (χ0n) is 42.5. The van der Waals surface area contributed by atoms with Gasteiger partial charge in [0.15, 0.2) is 18.3 Å². The van der Waals surface area contributed by atoms with E-state index in [-0.39, 0.29) is 50.3 Å². The van der Waals surface area contributed by atoms with Crippen LogP contribution in [-0.4, -0.2) is 167 Å². The number of ketones is 1. The Balaban J connectivity index is 1.52. The van der Waals surface area contributed by atoms with Gasteiger partial charge in [0, 0.05) is 63.0 Å². The molecule has 0 radical (unpaired) electrons. The Morgan fingerprint density at radius 1 is 0.897 bits per heavy atom. The second kappa shape index (κ2) is 22.8. The fraction of sp³-hybridized carbons (Fsp3) is 0.760. The average molecular weight is 962 g/mol. The number of benzene rings is 1. The van der Waals surface area contributed by atoms with E-state index in [1.807, 2.05) is 56.3 Å². The van der Waals surface area contributed by atoms with Crippen molar-refractivity contribution in [3.05, 3.63) is 41.9 Å². The topological polar surface area (TPSA) is 238 Å². The van der Waals surface area contributed by atoms with Crippen molar-refractivity contribution in [2.45, 2.75) is 186 Å². The van der Waals surface area contributed by atoms with Gasteiger partial charge in [-0.3, -0.25) is 14.4 Å². The number of aromatic nitrogens is 1. The van der Waals surface area contributed by atoms with Crippen molar-refractivity contribution in [3.63, 3.8) is 0 Å². The van der Waals surface area contributed by atoms with Crippen LogP contribution in [-0.2, 0) is 54.0 Å². The summed E-state index contributed by atoms with van der Waals surface area (Å²) < 4.78 is 50.5. The maximum absolute atomic E-state index is 14.8. The summed E-state index contributed by atoms with van der Waals surface area (Å²) in [6, 6.07) is 9.05.